The highest BCUT2D eigenvalue weighted by Crippen LogP contribution is 2.27. The van der Waals surface area contributed by atoms with Crippen molar-refractivity contribution in [1.29, 1.82) is 0 Å². The highest BCUT2D eigenvalue weighted by atomic mass is 79.9. The summed E-state index contributed by atoms with van der Waals surface area (Å²) >= 11 is 3.62. The molecule has 0 amide bonds. The molecule has 0 aromatic heterocycles. The third-order valence-electron chi connectivity index (χ3n) is 4.15. The highest BCUT2D eigenvalue weighted by Gasteiger charge is 2.06. The lowest BCUT2D eigenvalue weighted by molar-refractivity contribution is 0.304. The molecule has 128 valence electrons. The second kappa shape index (κ2) is 8.84. The van der Waals surface area contributed by atoms with Gasteiger partial charge in [-0.2, -0.15) is 0 Å². The average molecular weight is 396 g/mol. The Bertz CT molecular complexity index is 790. The zero-order chi connectivity index (χ0) is 17.5. The van der Waals surface area contributed by atoms with Crippen LogP contribution >= 0.6 is 15.9 Å². The number of hydrogen-bond acceptors (Lipinski definition) is 2. The first-order valence-electron chi connectivity index (χ1n) is 8.46. The third kappa shape index (κ3) is 5.18. The van der Waals surface area contributed by atoms with E-state index in [1.807, 2.05) is 30.3 Å². The molecular formula is C22H22BrNO. The number of rotatable bonds is 7. The van der Waals surface area contributed by atoms with Crippen LogP contribution in [0.15, 0.2) is 83.3 Å². The molecule has 1 unspecified atom stereocenters. The van der Waals surface area contributed by atoms with Crippen molar-refractivity contribution in [2.24, 2.45) is 0 Å². The van der Waals surface area contributed by atoms with Gasteiger partial charge in [0.15, 0.2) is 0 Å². The molecule has 0 aliphatic heterocycles. The topological polar surface area (TPSA) is 21.3 Å². The highest BCUT2D eigenvalue weighted by molar-refractivity contribution is 9.10. The van der Waals surface area contributed by atoms with Gasteiger partial charge in [0.25, 0.3) is 0 Å². The molecule has 0 saturated carbocycles. The van der Waals surface area contributed by atoms with Crippen molar-refractivity contribution in [1.82, 2.24) is 5.32 Å². The quantitative estimate of drug-likeness (QED) is 0.539. The minimum Gasteiger partial charge on any atom is -0.488 e. The molecule has 1 atom stereocenters. The summed E-state index contributed by atoms with van der Waals surface area (Å²) < 4.78 is 6.89. The van der Waals surface area contributed by atoms with Gasteiger partial charge >= 0.3 is 0 Å². The molecule has 0 aliphatic rings. The smallest absolute Gasteiger partial charge is 0.134 e. The fourth-order valence-corrected chi connectivity index (χ4v) is 3.18. The summed E-state index contributed by atoms with van der Waals surface area (Å²) in [6.07, 6.45) is 0. The SMILES string of the molecule is CC(NCc1ccc(OCc2ccccc2)c(Br)c1)c1ccccc1. The van der Waals surface area contributed by atoms with Crippen LogP contribution in [0.4, 0.5) is 0 Å². The Hall–Kier alpha value is -2.10. The van der Waals surface area contributed by atoms with Crippen LogP contribution in [0.5, 0.6) is 5.75 Å². The predicted octanol–water partition coefficient (Wildman–Crippen LogP) is 5.88. The van der Waals surface area contributed by atoms with Gasteiger partial charge in [0.05, 0.1) is 4.47 Å². The molecule has 3 aromatic carbocycles. The van der Waals surface area contributed by atoms with Gasteiger partial charge in [0.1, 0.15) is 12.4 Å². The van der Waals surface area contributed by atoms with Crippen molar-refractivity contribution in [3.05, 3.63) is 100 Å². The zero-order valence-corrected chi connectivity index (χ0v) is 15.9. The predicted molar refractivity (Wildman–Crippen MR) is 107 cm³/mol. The van der Waals surface area contributed by atoms with E-state index >= 15 is 0 Å². The van der Waals surface area contributed by atoms with Gasteiger partial charge in [-0.25, -0.2) is 0 Å². The first kappa shape index (κ1) is 17.7. The number of halogens is 1. The largest absolute Gasteiger partial charge is 0.488 e. The molecule has 25 heavy (non-hydrogen) atoms. The molecule has 0 fully saturated rings. The van der Waals surface area contributed by atoms with E-state index in [1.54, 1.807) is 0 Å². The second-order valence-corrected chi connectivity index (χ2v) is 6.91. The van der Waals surface area contributed by atoms with Crippen LogP contribution in [-0.4, -0.2) is 0 Å². The van der Waals surface area contributed by atoms with Crippen LogP contribution in [0.2, 0.25) is 0 Å². The third-order valence-corrected chi connectivity index (χ3v) is 4.77. The fraction of sp³-hybridized carbons (Fsp3) is 0.182. The van der Waals surface area contributed by atoms with E-state index < -0.39 is 0 Å². The Balaban J connectivity index is 1.56. The van der Waals surface area contributed by atoms with Gasteiger partial charge in [-0.05, 0) is 51.7 Å². The van der Waals surface area contributed by atoms with Crippen molar-refractivity contribution in [3.63, 3.8) is 0 Å². The maximum atomic E-state index is 5.91. The van der Waals surface area contributed by atoms with E-state index in [9.17, 15) is 0 Å². The van der Waals surface area contributed by atoms with E-state index in [1.165, 1.54) is 11.1 Å². The standard InChI is InChI=1S/C22H22BrNO/c1-17(20-10-6-3-7-11-20)24-15-19-12-13-22(21(23)14-19)25-16-18-8-4-2-5-9-18/h2-14,17,24H,15-16H2,1H3. The molecule has 0 aliphatic carbocycles. The van der Waals surface area contributed by atoms with E-state index in [-0.39, 0.29) is 0 Å². The van der Waals surface area contributed by atoms with Crippen molar-refractivity contribution < 1.29 is 4.74 Å². The van der Waals surface area contributed by atoms with Crippen molar-refractivity contribution in [2.75, 3.05) is 0 Å². The summed E-state index contributed by atoms with van der Waals surface area (Å²) in [5, 5.41) is 3.56. The van der Waals surface area contributed by atoms with Crippen LogP contribution in [0.25, 0.3) is 0 Å². The van der Waals surface area contributed by atoms with Crippen LogP contribution in [0, 0.1) is 0 Å². The number of hydrogen-bond donors (Lipinski definition) is 1. The summed E-state index contributed by atoms with van der Waals surface area (Å²) in [5.41, 5.74) is 3.68. The Kier molecular flexibility index (Phi) is 6.26. The molecule has 1 N–H and O–H groups in total. The van der Waals surface area contributed by atoms with Crippen molar-refractivity contribution in [2.45, 2.75) is 26.1 Å². The molecule has 0 heterocycles. The monoisotopic (exact) mass is 395 g/mol. The zero-order valence-electron chi connectivity index (χ0n) is 14.3. The van der Waals surface area contributed by atoms with E-state index in [0.717, 1.165) is 22.3 Å². The van der Waals surface area contributed by atoms with E-state index in [0.29, 0.717) is 12.6 Å². The Labute approximate surface area is 158 Å². The van der Waals surface area contributed by atoms with Crippen molar-refractivity contribution in [3.8, 4) is 5.75 Å². The van der Waals surface area contributed by atoms with Gasteiger partial charge < -0.3 is 10.1 Å². The summed E-state index contributed by atoms with van der Waals surface area (Å²) in [6, 6.07) is 27.2. The van der Waals surface area contributed by atoms with Gasteiger partial charge in [0.2, 0.25) is 0 Å². The lowest BCUT2D eigenvalue weighted by atomic mass is 10.1. The Morgan fingerprint density at radius 1 is 0.880 bits per heavy atom. The van der Waals surface area contributed by atoms with Crippen LogP contribution in [0.3, 0.4) is 0 Å². The van der Waals surface area contributed by atoms with Gasteiger partial charge in [0, 0.05) is 12.6 Å². The molecule has 2 nitrogen and oxygen atoms in total. The number of ether oxygens (including phenoxy) is 1. The summed E-state index contributed by atoms with van der Waals surface area (Å²) in [6.45, 7) is 3.57. The summed E-state index contributed by atoms with van der Waals surface area (Å²) in [4.78, 5) is 0. The molecule has 0 radical (unpaired) electrons. The number of nitrogens with one attached hydrogen (secondary N) is 1. The van der Waals surface area contributed by atoms with Gasteiger partial charge in [-0.15, -0.1) is 0 Å². The fourth-order valence-electron chi connectivity index (χ4n) is 2.64. The molecule has 3 heteroatoms. The van der Waals surface area contributed by atoms with Gasteiger partial charge in [-0.3, -0.25) is 0 Å². The maximum absolute atomic E-state index is 5.91. The summed E-state index contributed by atoms with van der Waals surface area (Å²) in [5.74, 6) is 0.865. The van der Waals surface area contributed by atoms with Crippen LogP contribution < -0.4 is 10.1 Å². The Morgan fingerprint density at radius 2 is 1.56 bits per heavy atom. The van der Waals surface area contributed by atoms with Crippen LogP contribution in [-0.2, 0) is 13.2 Å². The molecule has 0 saturated heterocycles. The van der Waals surface area contributed by atoms with Gasteiger partial charge in [-0.1, -0.05) is 66.7 Å². The molecular weight excluding hydrogens is 374 g/mol. The Morgan fingerprint density at radius 3 is 2.24 bits per heavy atom. The normalized spacial score (nSPS) is 11.9. The first-order valence-corrected chi connectivity index (χ1v) is 9.25. The van der Waals surface area contributed by atoms with Crippen molar-refractivity contribution >= 4 is 15.9 Å². The van der Waals surface area contributed by atoms with Crippen LogP contribution in [0.1, 0.15) is 29.7 Å². The van der Waals surface area contributed by atoms with E-state index in [2.05, 4.69) is 76.7 Å². The summed E-state index contributed by atoms with van der Waals surface area (Å²) in [7, 11) is 0. The number of benzene rings is 3. The minimum absolute atomic E-state index is 0.314. The lowest BCUT2D eigenvalue weighted by Gasteiger charge is -2.15. The van der Waals surface area contributed by atoms with E-state index in [4.69, 9.17) is 4.74 Å². The average Bonchev–Trinajstić information content (AvgIpc) is 2.67. The first-order chi connectivity index (χ1) is 12.2. The second-order valence-electron chi connectivity index (χ2n) is 6.05. The lowest BCUT2D eigenvalue weighted by Crippen LogP contribution is -2.17. The molecule has 3 rings (SSSR count). The molecule has 0 bridgehead atoms. The molecule has 0 spiro atoms. The minimum atomic E-state index is 0.314. The molecule has 3 aromatic rings. The maximum Gasteiger partial charge on any atom is 0.134 e.